The average molecular weight is 368 g/mol. The van der Waals surface area contributed by atoms with Gasteiger partial charge >= 0.3 is 0 Å². The van der Waals surface area contributed by atoms with Crippen LogP contribution in [-0.2, 0) is 6.54 Å². The summed E-state index contributed by atoms with van der Waals surface area (Å²) < 4.78 is 0.713. The smallest absolute Gasteiger partial charge is 0.255 e. The van der Waals surface area contributed by atoms with Crippen LogP contribution in [0.4, 0.5) is 5.69 Å². The number of hydrogen-bond donors (Lipinski definition) is 1. The molecule has 0 aliphatic rings. The summed E-state index contributed by atoms with van der Waals surface area (Å²) in [6.45, 7) is 2.98. The van der Waals surface area contributed by atoms with E-state index in [0.29, 0.717) is 33.8 Å². The number of amides is 1. The standard InChI is InChI=1S/C16H16BrClN2O/c1-2-20(10-11-6-3-4-9-14(11)19)16(21)12-7-5-8-13(17)15(12)18/h3-9H,2,10,19H2,1H3. The number of rotatable bonds is 4. The molecule has 0 fully saturated rings. The summed E-state index contributed by atoms with van der Waals surface area (Å²) in [5.74, 6) is -0.105. The molecule has 0 bridgehead atoms. The number of benzene rings is 2. The minimum absolute atomic E-state index is 0.105. The number of anilines is 1. The van der Waals surface area contributed by atoms with E-state index in [9.17, 15) is 4.79 Å². The summed E-state index contributed by atoms with van der Waals surface area (Å²) in [6, 6.07) is 12.9. The number of hydrogen-bond acceptors (Lipinski definition) is 2. The first-order valence-corrected chi connectivity index (χ1v) is 7.78. The fourth-order valence-electron chi connectivity index (χ4n) is 2.05. The highest BCUT2D eigenvalue weighted by Crippen LogP contribution is 2.27. The van der Waals surface area contributed by atoms with Crippen LogP contribution in [0.2, 0.25) is 5.02 Å². The second-order valence-corrected chi connectivity index (χ2v) is 5.85. The Balaban J connectivity index is 2.27. The maximum absolute atomic E-state index is 12.6. The van der Waals surface area contributed by atoms with Crippen molar-refractivity contribution in [3.63, 3.8) is 0 Å². The Kier molecular flexibility index (Phi) is 5.26. The lowest BCUT2D eigenvalue weighted by molar-refractivity contribution is 0.0753. The molecule has 2 aromatic carbocycles. The number of halogens is 2. The quantitative estimate of drug-likeness (QED) is 0.817. The van der Waals surface area contributed by atoms with Gasteiger partial charge in [0, 0.05) is 23.2 Å². The van der Waals surface area contributed by atoms with Crippen LogP contribution in [0.15, 0.2) is 46.9 Å². The second-order valence-electron chi connectivity index (χ2n) is 4.62. The van der Waals surface area contributed by atoms with Crippen LogP contribution >= 0.6 is 27.5 Å². The maximum atomic E-state index is 12.6. The third-order valence-corrected chi connectivity index (χ3v) is 4.56. The maximum Gasteiger partial charge on any atom is 0.255 e. The van der Waals surface area contributed by atoms with Crippen LogP contribution in [-0.4, -0.2) is 17.4 Å². The van der Waals surface area contributed by atoms with Crippen LogP contribution < -0.4 is 5.73 Å². The molecule has 0 radical (unpaired) electrons. The van der Waals surface area contributed by atoms with E-state index >= 15 is 0 Å². The molecule has 0 saturated carbocycles. The molecule has 110 valence electrons. The molecule has 1 amide bonds. The molecule has 5 heteroatoms. The van der Waals surface area contributed by atoms with E-state index in [1.54, 1.807) is 17.0 Å². The van der Waals surface area contributed by atoms with E-state index < -0.39 is 0 Å². The first-order valence-electron chi connectivity index (χ1n) is 6.61. The van der Waals surface area contributed by atoms with E-state index in [0.717, 1.165) is 5.56 Å². The molecule has 2 rings (SSSR count). The topological polar surface area (TPSA) is 46.3 Å². The third-order valence-electron chi connectivity index (χ3n) is 3.27. The molecule has 0 aliphatic heterocycles. The normalized spacial score (nSPS) is 10.4. The molecular weight excluding hydrogens is 352 g/mol. The predicted octanol–water partition coefficient (Wildman–Crippen LogP) is 4.35. The Hall–Kier alpha value is -1.52. The van der Waals surface area contributed by atoms with Crippen molar-refractivity contribution >= 4 is 39.1 Å². The highest BCUT2D eigenvalue weighted by molar-refractivity contribution is 9.10. The van der Waals surface area contributed by atoms with Gasteiger partial charge in [-0.05, 0) is 46.6 Å². The zero-order chi connectivity index (χ0) is 15.4. The lowest BCUT2D eigenvalue weighted by Crippen LogP contribution is -2.30. The molecule has 0 spiro atoms. The van der Waals surface area contributed by atoms with Gasteiger partial charge < -0.3 is 10.6 Å². The minimum Gasteiger partial charge on any atom is -0.398 e. The SMILES string of the molecule is CCN(Cc1ccccc1N)C(=O)c1cccc(Br)c1Cl. The number of nitrogens with two attached hydrogens (primary N) is 1. The largest absolute Gasteiger partial charge is 0.398 e. The van der Waals surface area contributed by atoms with Gasteiger partial charge in [0.15, 0.2) is 0 Å². The minimum atomic E-state index is -0.105. The summed E-state index contributed by atoms with van der Waals surface area (Å²) in [6.07, 6.45) is 0. The number of carbonyl (C=O) groups excluding carboxylic acids is 1. The molecule has 0 aliphatic carbocycles. The fourth-order valence-corrected chi connectivity index (χ4v) is 2.62. The van der Waals surface area contributed by atoms with Gasteiger partial charge in [-0.1, -0.05) is 35.9 Å². The van der Waals surface area contributed by atoms with Gasteiger partial charge in [-0.25, -0.2) is 0 Å². The van der Waals surface area contributed by atoms with Gasteiger partial charge in [0.2, 0.25) is 0 Å². The summed E-state index contributed by atoms with van der Waals surface area (Å²) in [5.41, 5.74) is 8.05. The summed E-state index contributed by atoms with van der Waals surface area (Å²) in [7, 11) is 0. The second kappa shape index (κ2) is 6.96. The van der Waals surface area contributed by atoms with Gasteiger partial charge in [-0.15, -0.1) is 0 Å². The van der Waals surface area contributed by atoms with Crippen LogP contribution in [0, 0.1) is 0 Å². The molecule has 3 nitrogen and oxygen atoms in total. The fraction of sp³-hybridized carbons (Fsp3) is 0.188. The Bertz CT molecular complexity index is 660. The first kappa shape index (κ1) is 15.9. The number of carbonyl (C=O) groups is 1. The van der Waals surface area contributed by atoms with Crippen molar-refractivity contribution in [1.82, 2.24) is 4.90 Å². The molecular formula is C16H16BrClN2O. The van der Waals surface area contributed by atoms with Crippen molar-refractivity contribution in [1.29, 1.82) is 0 Å². The highest BCUT2D eigenvalue weighted by Gasteiger charge is 2.19. The lowest BCUT2D eigenvalue weighted by atomic mass is 10.1. The van der Waals surface area contributed by atoms with Gasteiger partial charge in [-0.3, -0.25) is 4.79 Å². The van der Waals surface area contributed by atoms with Gasteiger partial charge in [0.05, 0.1) is 10.6 Å². The summed E-state index contributed by atoms with van der Waals surface area (Å²) >= 11 is 9.55. The van der Waals surface area contributed by atoms with E-state index in [-0.39, 0.29) is 5.91 Å². The van der Waals surface area contributed by atoms with Gasteiger partial charge in [0.25, 0.3) is 5.91 Å². The van der Waals surface area contributed by atoms with E-state index in [1.165, 1.54) is 0 Å². The molecule has 2 N–H and O–H groups in total. The average Bonchev–Trinajstić information content (AvgIpc) is 2.48. The van der Waals surface area contributed by atoms with E-state index in [1.807, 2.05) is 37.3 Å². The summed E-state index contributed by atoms with van der Waals surface area (Å²) in [4.78, 5) is 14.4. The van der Waals surface area contributed by atoms with Crippen molar-refractivity contribution in [3.05, 3.63) is 63.1 Å². The van der Waals surface area contributed by atoms with Gasteiger partial charge in [0.1, 0.15) is 0 Å². The predicted molar refractivity (Wildman–Crippen MR) is 90.4 cm³/mol. The monoisotopic (exact) mass is 366 g/mol. The zero-order valence-electron chi connectivity index (χ0n) is 11.6. The summed E-state index contributed by atoms with van der Waals surface area (Å²) in [5, 5.41) is 0.432. The van der Waals surface area contributed by atoms with E-state index in [4.69, 9.17) is 17.3 Å². The third kappa shape index (κ3) is 3.57. The molecule has 0 saturated heterocycles. The van der Waals surface area contributed by atoms with Crippen LogP contribution in [0.3, 0.4) is 0 Å². The van der Waals surface area contributed by atoms with Crippen LogP contribution in [0.5, 0.6) is 0 Å². The van der Waals surface area contributed by atoms with Crippen molar-refractivity contribution in [2.75, 3.05) is 12.3 Å². The van der Waals surface area contributed by atoms with Gasteiger partial charge in [-0.2, -0.15) is 0 Å². The Morgan fingerprint density at radius 3 is 2.62 bits per heavy atom. The molecule has 21 heavy (non-hydrogen) atoms. The lowest BCUT2D eigenvalue weighted by Gasteiger charge is -2.22. The first-order chi connectivity index (χ1) is 10.0. The van der Waals surface area contributed by atoms with Crippen molar-refractivity contribution in [2.24, 2.45) is 0 Å². The molecule has 2 aromatic rings. The van der Waals surface area contributed by atoms with Crippen LogP contribution in [0.25, 0.3) is 0 Å². The van der Waals surface area contributed by atoms with Crippen molar-refractivity contribution in [2.45, 2.75) is 13.5 Å². The highest BCUT2D eigenvalue weighted by atomic mass is 79.9. The molecule has 0 unspecified atom stereocenters. The van der Waals surface area contributed by atoms with Crippen molar-refractivity contribution < 1.29 is 4.79 Å². The van der Waals surface area contributed by atoms with Crippen molar-refractivity contribution in [3.8, 4) is 0 Å². The Morgan fingerprint density at radius 1 is 1.24 bits per heavy atom. The number of nitrogens with zero attached hydrogens (tertiary/aromatic N) is 1. The van der Waals surface area contributed by atoms with Crippen LogP contribution in [0.1, 0.15) is 22.8 Å². The number of nitrogen functional groups attached to an aromatic ring is 1. The Labute approximate surface area is 137 Å². The van der Waals surface area contributed by atoms with E-state index in [2.05, 4.69) is 15.9 Å². The molecule has 0 atom stereocenters. The number of para-hydroxylation sites is 1. The Morgan fingerprint density at radius 2 is 1.95 bits per heavy atom. The molecule has 0 heterocycles. The molecule has 0 aromatic heterocycles. The zero-order valence-corrected chi connectivity index (χ0v) is 14.0.